The van der Waals surface area contributed by atoms with Gasteiger partial charge in [0.15, 0.2) is 0 Å². The maximum Gasteiger partial charge on any atom is 0.303 e. The molecule has 1 atom stereocenters. The molecule has 0 unspecified atom stereocenters. The molecular formula is C23H32ClFN2O5S2. The van der Waals surface area contributed by atoms with E-state index in [2.05, 4.69) is 16.8 Å². The number of thiophene rings is 1. The van der Waals surface area contributed by atoms with Gasteiger partial charge in [-0.05, 0) is 79.6 Å². The molecule has 0 aliphatic carbocycles. The standard InChI is InChI=1S/C23H32ClFN2O5S2/c1-23(2,9-4-5-16-8-10-33-15-16)26-13-19(28)14-27(3)34(31,32)20-12-18(25)11-17(22(20)24)6-7-21(29)30/h8,10-12,15,19,26,28H,4-7,9,13-14H2,1-3H3,(H,29,30)/t19-/m1/s1. The number of rotatable bonds is 14. The van der Waals surface area contributed by atoms with Crippen LogP contribution in [0.25, 0.3) is 0 Å². The maximum absolute atomic E-state index is 14.1. The number of hydrogen-bond donors (Lipinski definition) is 3. The van der Waals surface area contributed by atoms with Gasteiger partial charge in [0.1, 0.15) is 10.7 Å². The minimum Gasteiger partial charge on any atom is -0.481 e. The van der Waals surface area contributed by atoms with Crippen LogP contribution < -0.4 is 5.32 Å². The number of carboxylic acid groups (broad SMARTS) is 1. The Balaban J connectivity index is 1.96. The molecule has 2 rings (SSSR count). The van der Waals surface area contributed by atoms with Crippen molar-refractivity contribution in [1.82, 2.24) is 9.62 Å². The number of aryl methyl sites for hydroxylation is 2. The Hall–Kier alpha value is -1.56. The van der Waals surface area contributed by atoms with E-state index in [1.165, 1.54) is 12.6 Å². The van der Waals surface area contributed by atoms with E-state index < -0.39 is 32.8 Å². The second kappa shape index (κ2) is 12.4. The number of sulfonamides is 1. The van der Waals surface area contributed by atoms with Crippen LogP contribution in [-0.4, -0.2) is 60.7 Å². The van der Waals surface area contributed by atoms with E-state index in [0.29, 0.717) is 0 Å². The number of aliphatic hydroxyl groups is 1. The van der Waals surface area contributed by atoms with Gasteiger partial charge in [0, 0.05) is 32.1 Å². The summed E-state index contributed by atoms with van der Waals surface area (Å²) in [5.41, 5.74) is 1.15. The number of nitrogens with one attached hydrogen (secondary N) is 1. The zero-order chi connectivity index (χ0) is 25.5. The van der Waals surface area contributed by atoms with Crippen LogP contribution in [-0.2, 0) is 27.7 Å². The molecule has 2 aromatic rings. The van der Waals surface area contributed by atoms with E-state index in [1.807, 2.05) is 19.2 Å². The molecular weight excluding hydrogens is 503 g/mol. The summed E-state index contributed by atoms with van der Waals surface area (Å²) in [6, 6.07) is 3.94. The van der Waals surface area contributed by atoms with Gasteiger partial charge in [-0.15, -0.1) is 0 Å². The first-order valence-electron chi connectivity index (χ1n) is 10.9. The van der Waals surface area contributed by atoms with Gasteiger partial charge in [-0.2, -0.15) is 15.6 Å². The third-order valence-corrected chi connectivity index (χ3v) is 8.65. The highest BCUT2D eigenvalue weighted by Gasteiger charge is 2.28. The summed E-state index contributed by atoms with van der Waals surface area (Å²) in [5.74, 6) is -1.94. The van der Waals surface area contributed by atoms with Gasteiger partial charge in [-0.25, -0.2) is 12.8 Å². The van der Waals surface area contributed by atoms with Crippen LogP contribution in [0.1, 0.15) is 44.2 Å². The quantitative estimate of drug-likeness (QED) is 0.339. The fourth-order valence-electron chi connectivity index (χ4n) is 3.51. The molecule has 0 bridgehead atoms. The number of aliphatic hydroxyl groups excluding tert-OH is 1. The molecule has 3 N–H and O–H groups in total. The first-order valence-corrected chi connectivity index (χ1v) is 13.7. The highest BCUT2D eigenvalue weighted by atomic mass is 35.5. The Morgan fingerprint density at radius 1 is 1.32 bits per heavy atom. The van der Waals surface area contributed by atoms with E-state index in [0.717, 1.165) is 35.7 Å². The number of carboxylic acids is 1. The molecule has 7 nitrogen and oxygen atoms in total. The van der Waals surface area contributed by atoms with Crippen molar-refractivity contribution in [2.45, 2.75) is 62.5 Å². The molecule has 190 valence electrons. The second-order valence-electron chi connectivity index (χ2n) is 8.96. The SMILES string of the molecule is CN(C[C@H](O)CNC(C)(C)CCCc1ccsc1)S(=O)(=O)c1cc(F)cc(CCC(=O)O)c1Cl. The van der Waals surface area contributed by atoms with E-state index in [9.17, 15) is 22.7 Å². The van der Waals surface area contributed by atoms with Crippen LogP contribution >= 0.6 is 22.9 Å². The minimum absolute atomic E-state index is 0.0995. The fourth-order valence-corrected chi connectivity index (χ4v) is 6.03. The number of hydrogen-bond acceptors (Lipinski definition) is 6. The smallest absolute Gasteiger partial charge is 0.303 e. The zero-order valence-corrected chi connectivity index (χ0v) is 21.9. The van der Waals surface area contributed by atoms with Crippen LogP contribution in [0.4, 0.5) is 4.39 Å². The predicted octanol–water partition coefficient (Wildman–Crippen LogP) is 3.93. The lowest BCUT2D eigenvalue weighted by molar-refractivity contribution is -0.136. The number of benzene rings is 1. The fraction of sp³-hybridized carbons (Fsp3) is 0.522. The number of carbonyl (C=O) groups is 1. The third kappa shape index (κ3) is 8.58. The highest BCUT2D eigenvalue weighted by molar-refractivity contribution is 7.89. The van der Waals surface area contributed by atoms with Crippen molar-refractivity contribution in [3.63, 3.8) is 0 Å². The molecule has 0 fully saturated rings. The number of aliphatic carboxylic acids is 1. The van der Waals surface area contributed by atoms with Gasteiger partial charge >= 0.3 is 5.97 Å². The molecule has 0 saturated heterocycles. The Bertz CT molecular complexity index is 1060. The molecule has 0 aliphatic heterocycles. The molecule has 1 heterocycles. The minimum atomic E-state index is -4.21. The third-order valence-electron chi connectivity index (χ3n) is 5.51. The lowest BCUT2D eigenvalue weighted by Gasteiger charge is -2.29. The van der Waals surface area contributed by atoms with Crippen molar-refractivity contribution in [3.05, 3.63) is 50.9 Å². The van der Waals surface area contributed by atoms with E-state index in [-0.39, 0.29) is 42.1 Å². The molecule has 11 heteroatoms. The van der Waals surface area contributed by atoms with Gasteiger partial charge in [0.2, 0.25) is 10.0 Å². The van der Waals surface area contributed by atoms with Crippen molar-refractivity contribution < 1.29 is 27.8 Å². The van der Waals surface area contributed by atoms with Gasteiger partial charge in [0.05, 0.1) is 11.1 Å². The Morgan fingerprint density at radius 2 is 2.03 bits per heavy atom. The van der Waals surface area contributed by atoms with Crippen molar-refractivity contribution in [2.24, 2.45) is 0 Å². The second-order valence-corrected chi connectivity index (χ2v) is 12.1. The average Bonchev–Trinajstić information content (AvgIpc) is 3.25. The van der Waals surface area contributed by atoms with Crippen molar-refractivity contribution in [2.75, 3.05) is 20.1 Å². The van der Waals surface area contributed by atoms with Gasteiger partial charge in [0.25, 0.3) is 0 Å². The Kier molecular flexibility index (Phi) is 10.5. The van der Waals surface area contributed by atoms with Crippen molar-refractivity contribution in [1.29, 1.82) is 0 Å². The zero-order valence-electron chi connectivity index (χ0n) is 19.6. The van der Waals surface area contributed by atoms with Crippen molar-refractivity contribution >= 4 is 38.9 Å². The van der Waals surface area contributed by atoms with Gasteiger partial charge < -0.3 is 15.5 Å². The molecule has 0 spiro atoms. The van der Waals surface area contributed by atoms with E-state index in [4.69, 9.17) is 16.7 Å². The normalized spacial score (nSPS) is 13.4. The summed E-state index contributed by atoms with van der Waals surface area (Å²) in [4.78, 5) is 10.4. The molecule has 34 heavy (non-hydrogen) atoms. The number of halogens is 2. The van der Waals surface area contributed by atoms with Crippen LogP contribution in [0.2, 0.25) is 5.02 Å². The number of β-amino-alcohol motifs (C(OH)–C–C–N with tert-alkyl or cyclic N) is 1. The Morgan fingerprint density at radius 3 is 2.65 bits per heavy atom. The van der Waals surface area contributed by atoms with Crippen LogP contribution in [0.3, 0.4) is 0 Å². The lowest BCUT2D eigenvalue weighted by atomic mass is 9.96. The van der Waals surface area contributed by atoms with Crippen LogP contribution in [0.5, 0.6) is 0 Å². The molecule has 0 radical (unpaired) electrons. The highest BCUT2D eigenvalue weighted by Crippen LogP contribution is 2.30. The summed E-state index contributed by atoms with van der Waals surface area (Å²) in [6.07, 6.45) is 1.40. The maximum atomic E-state index is 14.1. The monoisotopic (exact) mass is 534 g/mol. The lowest BCUT2D eigenvalue weighted by Crippen LogP contribution is -2.46. The summed E-state index contributed by atoms with van der Waals surface area (Å²) in [5, 5.41) is 26.5. The summed E-state index contributed by atoms with van der Waals surface area (Å²) < 4.78 is 41.0. The summed E-state index contributed by atoms with van der Waals surface area (Å²) in [7, 11) is -2.93. The topological polar surface area (TPSA) is 107 Å². The molecule has 1 aromatic carbocycles. The van der Waals surface area contributed by atoms with Crippen molar-refractivity contribution in [3.8, 4) is 0 Å². The first kappa shape index (κ1) is 28.7. The molecule has 0 amide bonds. The van der Waals surface area contributed by atoms with E-state index >= 15 is 0 Å². The van der Waals surface area contributed by atoms with Gasteiger partial charge in [-0.3, -0.25) is 4.79 Å². The Labute approximate surface area is 209 Å². The largest absolute Gasteiger partial charge is 0.481 e. The number of likely N-dealkylation sites (N-methyl/N-ethyl adjacent to an activating group) is 1. The summed E-state index contributed by atoms with van der Waals surface area (Å²) in [6.45, 7) is 4.00. The molecule has 1 aromatic heterocycles. The summed E-state index contributed by atoms with van der Waals surface area (Å²) >= 11 is 7.86. The average molecular weight is 535 g/mol. The molecule has 0 saturated carbocycles. The molecule has 0 aliphatic rings. The van der Waals surface area contributed by atoms with Gasteiger partial charge in [-0.1, -0.05) is 11.6 Å². The van der Waals surface area contributed by atoms with Crippen LogP contribution in [0.15, 0.2) is 33.9 Å². The van der Waals surface area contributed by atoms with E-state index in [1.54, 1.807) is 11.3 Å². The first-order chi connectivity index (χ1) is 15.8. The van der Waals surface area contributed by atoms with Crippen LogP contribution in [0, 0.1) is 5.82 Å². The number of nitrogens with zero attached hydrogens (tertiary/aromatic N) is 1. The predicted molar refractivity (Wildman–Crippen MR) is 133 cm³/mol.